The number of rotatable bonds is 5. The van der Waals surface area contributed by atoms with Crippen molar-refractivity contribution in [2.24, 2.45) is 0 Å². The topological polar surface area (TPSA) is 43.8 Å². The fourth-order valence-corrected chi connectivity index (χ4v) is 3.66. The lowest BCUT2D eigenvalue weighted by Gasteiger charge is -2.39. The lowest BCUT2D eigenvalue weighted by Crippen LogP contribution is -2.44. The van der Waals surface area contributed by atoms with Gasteiger partial charge >= 0.3 is 0 Å². The molecule has 0 spiro atoms. The fraction of sp³-hybridized carbons (Fsp3) is 0.381. The molecule has 1 amide bonds. The first kappa shape index (κ1) is 17.5. The van der Waals surface area contributed by atoms with Crippen LogP contribution in [0.4, 0.5) is 0 Å². The normalized spacial score (nSPS) is 16.8. The van der Waals surface area contributed by atoms with Crippen molar-refractivity contribution in [1.82, 2.24) is 9.80 Å². The maximum Gasteiger partial charge on any atom is 0.220 e. The number of aromatic hydroxyl groups is 1. The summed E-state index contributed by atoms with van der Waals surface area (Å²) < 4.78 is 0. The number of phenols is 1. The van der Waals surface area contributed by atoms with Gasteiger partial charge in [-0.15, -0.1) is 0 Å². The standard InChI is InChI=1S/C21H26N2O2/c1-16(24)23-14-12-19-18(9-6-10-21(19)25)20(23)15-22(2)13-11-17-7-4-3-5-8-17/h3-10,20,25H,11-15H2,1-2H3. The molecular weight excluding hydrogens is 312 g/mol. The number of amides is 1. The van der Waals surface area contributed by atoms with Crippen molar-refractivity contribution in [2.75, 3.05) is 26.7 Å². The third-order valence-electron chi connectivity index (χ3n) is 5.04. The molecule has 0 bridgehead atoms. The van der Waals surface area contributed by atoms with Crippen LogP contribution in [0.3, 0.4) is 0 Å². The lowest BCUT2D eigenvalue weighted by atomic mass is 9.91. The highest BCUT2D eigenvalue weighted by Crippen LogP contribution is 2.34. The van der Waals surface area contributed by atoms with Crippen LogP contribution in [0.5, 0.6) is 5.75 Å². The molecule has 1 aliphatic heterocycles. The minimum Gasteiger partial charge on any atom is -0.508 e. The summed E-state index contributed by atoms with van der Waals surface area (Å²) >= 11 is 0. The summed E-state index contributed by atoms with van der Waals surface area (Å²) in [5, 5.41) is 10.2. The predicted molar refractivity (Wildman–Crippen MR) is 99.6 cm³/mol. The summed E-state index contributed by atoms with van der Waals surface area (Å²) in [7, 11) is 2.10. The van der Waals surface area contributed by atoms with E-state index in [4.69, 9.17) is 0 Å². The van der Waals surface area contributed by atoms with Crippen LogP contribution in [0, 0.1) is 0 Å². The molecule has 132 valence electrons. The van der Waals surface area contributed by atoms with Gasteiger partial charge in [0.25, 0.3) is 0 Å². The molecule has 2 aromatic carbocycles. The first-order valence-electron chi connectivity index (χ1n) is 8.86. The van der Waals surface area contributed by atoms with Gasteiger partial charge in [-0.3, -0.25) is 4.79 Å². The quantitative estimate of drug-likeness (QED) is 0.911. The Hall–Kier alpha value is -2.33. The zero-order valence-electron chi connectivity index (χ0n) is 15.0. The third kappa shape index (κ3) is 4.02. The molecule has 0 saturated carbocycles. The van der Waals surface area contributed by atoms with Gasteiger partial charge in [-0.25, -0.2) is 0 Å². The predicted octanol–water partition coefficient (Wildman–Crippen LogP) is 3.01. The van der Waals surface area contributed by atoms with E-state index in [0.717, 1.165) is 30.6 Å². The van der Waals surface area contributed by atoms with E-state index in [1.165, 1.54) is 5.56 Å². The summed E-state index contributed by atoms with van der Waals surface area (Å²) in [6.07, 6.45) is 1.70. The molecule has 1 heterocycles. The Labute approximate surface area is 149 Å². The molecule has 25 heavy (non-hydrogen) atoms. The minimum absolute atomic E-state index is 0.00544. The van der Waals surface area contributed by atoms with E-state index in [9.17, 15) is 9.90 Å². The molecule has 0 aromatic heterocycles. The second kappa shape index (κ2) is 7.70. The summed E-state index contributed by atoms with van der Waals surface area (Å²) in [5.74, 6) is 0.438. The van der Waals surface area contributed by atoms with Crippen LogP contribution >= 0.6 is 0 Å². The van der Waals surface area contributed by atoms with Crippen LogP contribution in [0.15, 0.2) is 48.5 Å². The Bertz CT molecular complexity index is 730. The summed E-state index contributed by atoms with van der Waals surface area (Å²) in [6.45, 7) is 3.99. The molecular formula is C21H26N2O2. The van der Waals surface area contributed by atoms with Crippen molar-refractivity contribution < 1.29 is 9.90 Å². The van der Waals surface area contributed by atoms with Crippen molar-refractivity contribution in [3.8, 4) is 5.75 Å². The number of likely N-dealkylation sites (N-methyl/N-ethyl adjacent to an activating group) is 1. The van der Waals surface area contributed by atoms with Gasteiger partial charge in [-0.05, 0) is 37.1 Å². The van der Waals surface area contributed by atoms with Gasteiger partial charge in [0.15, 0.2) is 0 Å². The van der Waals surface area contributed by atoms with Crippen LogP contribution in [0.2, 0.25) is 0 Å². The van der Waals surface area contributed by atoms with Gasteiger partial charge in [0.2, 0.25) is 5.91 Å². The number of benzene rings is 2. The van der Waals surface area contributed by atoms with E-state index < -0.39 is 0 Å². The van der Waals surface area contributed by atoms with Crippen LogP contribution < -0.4 is 0 Å². The van der Waals surface area contributed by atoms with Gasteiger partial charge in [-0.2, -0.15) is 0 Å². The van der Waals surface area contributed by atoms with Crippen LogP contribution in [0.1, 0.15) is 29.7 Å². The second-order valence-corrected chi connectivity index (χ2v) is 6.82. The van der Waals surface area contributed by atoms with Crippen LogP contribution in [-0.4, -0.2) is 47.5 Å². The minimum atomic E-state index is -0.00544. The summed E-state index contributed by atoms with van der Waals surface area (Å²) in [4.78, 5) is 16.3. The number of carbonyl (C=O) groups excluding carboxylic acids is 1. The van der Waals surface area contributed by atoms with E-state index in [1.807, 2.05) is 23.1 Å². The molecule has 3 rings (SSSR count). The first-order valence-corrected chi connectivity index (χ1v) is 8.86. The highest BCUT2D eigenvalue weighted by atomic mass is 16.3. The lowest BCUT2D eigenvalue weighted by molar-refractivity contribution is -0.132. The Kier molecular flexibility index (Phi) is 5.39. The van der Waals surface area contributed by atoms with E-state index in [0.29, 0.717) is 18.7 Å². The van der Waals surface area contributed by atoms with Crippen molar-refractivity contribution >= 4 is 5.91 Å². The highest BCUT2D eigenvalue weighted by molar-refractivity contribution is 5.74. The first-order chi connectivity index (χ1) is 12.1. The zero-order chi connectivity index (χ0) is 17.8. The van der Waals surface area contributed by atoms with E-state index in [1.54, 1.807) is 13.0 Å². The average molecular weight is 338 g/mol. The van der Waals surface area contributed by atoms with E-state index in [2.05, 4.69) is 36.2 Å². The number of carbonyl (C=O) groups is 1. The molecule has 1 N–H and O–H groups in total. The van der Waals surface area contributed by atoms with Crippen LogP contribution in [0.25, 0.3) is 0 Å². The molecule has 1 unspecified atom stereocenters. The monoisotopic (exact) mass is 338 g/mol. The Morgan fingerprint density at radius 1 is 1.20 bits per heavy atom. The SMILES string of the molecule is CC(=O)N1CCc2c(O)cccc2C1CN(C)CCc1ccccc1. The molecule has 1 aliphatic rings. The smallest absolute Gasteiger partial charge is 0.220 e. The molecule has 0 saturated heterocycles. The number of fused-ring (bicyclic) bond motifs is 1. The van der Waals surface area contributed by atoms with E-state index >= 15 is 0 Å². The summed E-state index contributed by atoms with van der Waals surface area (Å²) in [5.41, 5.74) is 3.38. The maximum atomic E-state index is 12.1. The second-order valence-electron chi connectivity index (χ2n) is 6.82. The van der Waals surface area contributed by atoms with Gasteiger partial charge in [0.05, 0.1) is 6.04 Å². The van der Waals surface area contributed by atoms with Gasteiger partial charge < -0.3 is 14.9 Å². The van der Waals surface area contributed by atoms with Gasteiger partial charge in [0.1, 0.15) is 5.75 Å². The van der Waals surface area contributed by atoms with Gasteiger partial charge in [0, 0.05) is 32.1 Å². The number of phenolic OH excluding ortho intramolecular Hbond substituents is 1. The molecule has 0 aliphatic carbocycles. The molecule has 2 aromatic rings. The number of nitrogens with zero attached hydrogens (tertiary/aromatic N) is 2. The highest BCUT2D eigenvalue weighted by Gasteiger charge is 2.31. The van der Waals surface area contributed by atoms with Crippen LogP contribution in [-0.2, 0) is 17.6 Å². The Morgan fingerprint density at radius 3 is 2.68 bits per heavy atom. The third-order valence-corrected chi connectivity index (χ3v) is 5.04. The molecule has 4 nitrogen and oxygen atoms in total. The van der Waals surface area contributed by atoms with Crippen molar-refractivity contribution in [3.63, 3.8) is 0 Å². The largest absolute Gasteiger partial charge is 0.508 e. The molecule has 0 radical (unpaired) electrons. The van der Waals surface area contributed by atoms with Gasteiger partial charge in [-0.1, -0.05) is 42.5 Å². The fourth-order valence-electron chi connectivity index (χ4n) is 3.66. The molecule has 1 atom stereocenters. The Balaban J connectivity index is 1.74. The maximum absolute atomic E-state index is 12.1. The average Bonchev–Trinajstić information content (AvgIpc) is 2.61. The number of hydrogen-bond acceptors (Lipinski definition) is 3. The molecule has 0 fully saturated rings. The van der Waals surface area contributed by atoms with Crippen molar-refractivity contribution in [2.45, 2.75) is 25.8 Å². The van der Waals surface area contributed by atoms with E-state index in [-0.39, 0.29) is 11.9 Å². The Morgan fingerprint density at radius 2 is 1.96 bits per heavy atom. The van der Waals surface area contributed by atoms with Crippen molar-refractivity contribution in [1.29, 1.82) is 0 Å². The summed E-state index contributed by atoms with van der Waals surface area (Å²) in [6, 6.07) is 16.1. The zero-order valence-corrected chi connectivity index (χ0v) is 15.0. The number of hydrogen-bond donors (Lipinski definition) is 1. The van der Waals surface area contributed by atoms with Crippen molar-refractivity contribution in [3.05, 3.63) is 65.2 Å². The molecule has 4 heteroatoms.